The summed E-state index contributed by atoms with van der Waals surface area (Å²) in [5.41, 5.74) is 4.67. The van der Waals surface area contributed by atoms with Crippen LogP contribution in [0.3, 0.4) is 0 Å². The van der Waals surface area contributed by atoms with Gasteiger partial charge >= 0.3 is 5.97 Å². The van der Waals surface area contributed by atoms with Crippen molar-refractivity contribution >= 4 is 39.1 Å². The Labute approximate surface area is 143 Å². The Morgan fingerprint density at radius 2 is 2.04 bits per heavy atom. The monoisotopic (exact) mass is 340 g/mol. The first-order chi connectivity index (χ1) is 11.5. The Morgan fingerprint density at radius 1 is 1.21 bits per heavy atom. The Hall–Kier alpha value is -2.73. The van der Waals surface area contributed by atoms with E-state index in [-0.39, 0.29) is 5.91 Å². The first kappa shape index (κ1) is 16.1. The molecule has 5 nitrogen and oxygen atoms in total. The van der Waals surface area contributed by atoms with Crippen molar-refractivity contribution in [3.63, 3.8) is 0 Å². The minimum absolute atomic E-state index is 0.368. The normalized spacial score (nSPS) is 11.9. The fraction of sp³-hybridized carbons (Fsp3) is 0.167. The van der Waals surface area contributed by atoms with Crippen molar-refractivity contribution in [2.75, 3.05) is 5.32 Å². The average Bonchev–Trinajstić information content (AvgIpc) is 3.02. The molecule has 0 radical (unpaired) electrons. The predicted octanol–water partition coefficient (Wildman–Crippen LogP) is 3.79. The van der Waals surface area contributed by atoms with Gasteiger partial charge in [-0.25, -0.2) is 9.78 Å². The number of rotatable bonds is 4. The molecule has 0 saturated carbocycles. The molecule has 1 heterocycles. The van der Waals surface area contributed by atoms with Crippen LogP contribution in [0.2, 0.25) is 0 Å². The second kappa shape index (κ2) is 6.80. The fourth-order valence-electron chi connectivity index (χ4n) is 2.23. The topological polar surface area (TPSA) is 68.3 Å². The van der Waals surface area contributed by atoms with E-state index in [9.17, 15) is 9.59 Å². The summed E-state index contributed by atoms with van der Waals surface area (Å²) in [7, 11) is 0. The van der Waals surface area contributed by atoms with Crippen LogP contribution >= 0.6 is 11.3 Å². The van der Waals surface area contributed by atoms with Gasteiger partial charge in [0.1, 0.15) is 0 Å². The molecule has 0 fully saturated rings. The quantitative estimate of drug-likeness (QED) is 0.734. The van der Waals surface area contributed by atoms with Crippen LogP contribution in [0.4, 0.5) is 5.69 Å². The van der Waals surface area contributed by atoms with E-state index in [1.54, 1.807) is 36.7 Å². The van der Waals surface area contributed by atoms with E-state index >= 15 is 0 Å². The number of thiazole rings is 1. The molecule has 2 aromatic carbocycles. The molecule has 0 unspecified atom stereocenters. The van der Waals surface area contributed by atoms with E-state index in [1.807, 2.05) is 25.1 Å². The highest BCUT2D eigenvalue weighted by atomic mass is 32.1. The largest absolute Gasteiger partial charge is 0.449 e. The number of carbonyl (C=O) groups is 2. The summed E-state index contributed by atoms with van der Waals surface area (Å²) in [6, 6.07) is 12.6. The number of aromatic nitrogens is 1. The standard InChI is InChI=1S/C18H16N2O3S/c1-11-4-3-5-14(8-11)20-17(21)12(2)23-18(22)13-6-7-15-16(9-13)24-10-19-15/h3-10,12H,1-2H3,(H,20,21)/t12-/m0/s1. The molecule has 0 saturated heterocycles. The zero-order chi connectivity index (χ0) is 17.1. The molecule has 0 aliphatic carbocycles. The molecular weight excluding hydrogens is 324 g/mol. The van der Waals surface area contributed by atoms with Crippen LogP contribution in [0.15, 0.2) is 48.0 Å². The number of esters is 1. The molecule has 0 bridgehead atoms. The molecule has 122 valence electrons. The number of nitrogens with one attached hydrogen (secondary N) is 1. The van der Waals surface area contributed by atoms with Gasteiger partial charge in [0.05, 0.1) is 21.3 Å². The lowest BCUT2D eigenvalue weighted by Crippen LogP contribution is -2.30. The number of hydrogen-bond acceptors (Lipinski definition) is 5. The lowest BCUT2D eigenvalue weighted by molar-refractivity contribution is -0.123. The summed E-state index contributed by atoms with van der Waals surface area (Å²) in [4.78, 5) is 28.5. The molecule has 1 N–H and O–H groups in total. The molecule has 6 heteroatoms. The Bertz CT molecular complexity index is 904. The maximum atomic E-state index is 12.2. The van der Waals surface area contributed by atoms with Crippen LogP contribution < -0.4 is 5.32 Å². The summed E-state index contributed by atoms with van der Waals surface area (Å²) in [6.07, 6.45) is -0.893. The van der Waals surface area contributed by atoms with Crippen LogP contribution in [0.25, 0.3) is 10.2 Å². The smallest absolute Gasteiger partial charge is 0.338 e. The van der Waals surface area contributed by atoms with Gasteiger partial charge in [-0.1, -0.05) is 12.1 Å². The highest BCUT2D eigenvalue weighted by molar-refractivity contribution is 7.16. The van der Waals surface area contributed by atoms with Gasteiger partial charge in [0.2, 0.25) is 0 Å². The minimum Gasteiger partial charge on any atom is -0.449 e. The lowest BCUT2D eigenvalue weighted by Gasteiger charge is -2.14. The second-order valence-corrected chi connectivity index (χ2v) is 6.33. The van der Waals surface area contributed by atoms with Crippen molar-refractivity contribution in [1.29, 1.82) is 0 Å². The van der Waals surface area contributed by atoms with Gasteiger partial charge in [-0.15, -0.1) is 11.3 Å². The van der Waals surface area contributed by atoms with Crippen molar-refractivity contribution in [1.82, 2.24) is 4.98 Å². The molecule has 1 amide bonds. The molecule has 24 heavy (non-hydrogen) atoms. The lowest BCUT2D eigenvalue weighted by atomic mass is 10.2. The fourth-order valence-corrected chi connectivity index (χ4v) is 2.95. The Morgan fingerprint density at radius 3 is 2.83 bits per heavy atom. The SMILES string of the molecule is Cc1cccc(NC(=O)[C@H](C)OC(=O)c2ccc3ncsc3c2)c1. The summed E-state index contributed by atoms with van der Waals surface area (Å²) in [5, 5.41) is 2.74. The molecular formula is C18H16N2O3S. The maximum absolute atomic E-state index is 12.2. The van der Waals surface area contributed by atoms with Gasteiger partial charge in [0.15, 0.2) is 6.10 Å². The van der Waals surface area contributed by atoms with Gasteiger partial charge in [-0.3, -0.25) is 4.79 Å². The number of carbonyl (C=O) groups excluding carboxylic acids is 2. The van der Waals surface area contributed by atoms with E-state index in [2.05, 4.69) is 10.3 Å². The van der Waals surface area contributed by atoms with Gasteiger partial charge in [-0.05, 0) is 49.7 Å². The number of anilines is 1. The molecule has 0 spiro atoms. The van der Waals surface area contributed by atoms with Crippen molar-refractivity contribution in [3.8, 4) is 0 Å². The summed E-state index contributed by atoms with van der Waals surface area (Å²) in [5.74, 6) is -0.898. The molecule has 1 atom stereocenters. The molecule has 0 aliphatic rings. The Balaban J connectivity index is 1.65. The third-order valence-corrected chi connectivity index (χ3v) is 4.30. The first-order valence-corrected chi connectivity index (χ1v) is 8.32. The third-order valence-electron chi connectivity index (χ3n) is 3.51. The number of hydrogen-bond donors (Lipinski definition) is 1. The van der Waals surface area contributed by atoms with E-state index in [4.69, 9.17) is 4.74 Å². The summed E-state index contributed by atoms with van der Waals surface area (Å²) >= 11 is 1.45. The van der Waals surface area contributed by atoms with E-state index < -0.39 is 12.1 Å². The number of aryl methyl sites for hydroxylation is 1. The molecule has 0 aliphatic heterocycles. The third kappa shape index (κ3) is 3.60. The van der Waals surface area contributed by atoms with Crippen molar-refractivity contribution in [2.45, 2.75) is 20.0 Å². The zero-order valence-electron chi connectivity index (χ0n) is 13.3. The number of nitrogens with zero attached hydrogens (tertiary/aromatic N) is 1. The molecule has 1 aromatic heterocycles. The van der Waals surface area contributed by atoms with Crippen molar-refractivity contribution < 1.29 is 14.3 Å². The Kier molecular flexibility index (Phi) is 4.57. The average molecular weight is 340 g/mol. The number of benzene rings is 2. The first-order valence-electron chi connectivity index (χ1n) is 7.45. The summed E-state index contributed by atoms with van der Waals surface area (Å²) < 4.78 is 6.16. The molecule has 3 rings (SSSR count). The van der Waals surface area contributed by atoms with Crippen LogP contribution in [0, 0.1) is 6.92 Å². The van der Waals surface area contributed by atoms with Crippen molar-refractivity contribution in [3.05, 3.63) is 59.1 Å². The highest BCUT2D eigenvalue weighted by Gasteiger charge is 2.19. The van der Waals surface area contributed by atoms with Crippen LogP contribution in [-0.4, -0.2) is 23.0 Å². The number of amides is 1. The van der Waals surface area contributed by atoms with E-state index in [0.29, 0.717) is 11.3 Å². The predicted molar refractivity (Wildman–Crippen MR) is 94.3 cm³/mol. The van der Waals surface area contributed by atoms with Crippen LogP contribution in [-0.2, 0) is 9.53 Å². The van der Waals surface area contributed by atoms with Crippen LogP contribution in [0.1, 0.15) is 22.8 Å². The van der Waals surface area contributed by atoms with Gasteiger partial charge in [-0.2, -0.15) is 0 Å². The number of ether oxygens (including phenoxy) is 1. The van der Waals surface area contributed by atoms with E-state index in [1.165, 1.54) is 11.3 Å². The van der Waals surface area contributed by atoms with Gasteiger partial charge in [0.25, 0.3) is 5.91 Å². The zero-order valence-corrected chi connectivity index (χ0v) is 14.1. The van der Waals surface area contributed by atoms with Crippen LogP contribution in [0.5, 0.6) is 0 Å². The minimum atomic E-state index is -0.893. The molecule has 3 aromatic rings. The van der Waals surface area contributed by atoms with Gasteiger partial charge in [0, 0.05) is 5.69 Å². The highest BCUT2D eigenvalue weighted by Crippen LogP contribution is 2.20. The second-order valence-electron chi connectivity index (χ2n) is 5.44. The maximum Gasteiger partial charge on any atom is 0.338 e. The van der Waals surface area contributed by atoms with E-state index in [0.717, 1.165) is 15.8 Å². The van der Waals surface area contributed by atoms with Gasteiger partial charge < -0.3 is 10.1 Å². The van der Waals surface area contributed by atoms with Crippen molar-refractivity contribution in [2.24, 2.45) is 0 Å². The number of fused-ring (bicyclic) bond motifs is 1. The summed E-state index contributed by atoms with van der Waals surface area (Å²) in [6.45, 7) is 3.49.